The van der Waals surface area contributed by atoms with Crippen LogP contribution in [0.4, 0.5) is 17.6 Å². The lowest BCUT2D eigenvalue weighted by atomic mass is 10.0. The van der Waals surface area contributed by atoms with Crippen LogP contribution in [0.15, 0.2) is 18.2 Å². The number of piperazine rings is 1. The fourth-order valence-corrected chi connectivity index (χ4v) is 3.46. The molecule has 0 spiro atoms. The van der Waals surface area contributed by atoms with Crippen molar-refractivity contribution < 1.29 is 27.2 Å². The van der Waals surface area contributed by atoms with Gasteiger partial charge >= 0.3 is 6.18 Å². The quantitative estimate of drug-likeness (QED) is 0.806. The number of halogens is 4. The standard InChI is InChI=1S/C17H19F4N3O2/c18-13-7-11(6-12(8-13)17(19,20)21)16(26)23-4-1-2-14(10-23)24-5-3-22-9-15(24)25/h6-8,14,22H,1-5,9-10H2. The average molecular weight is 373 g/mol. The Morgan fingerprint density at radius 1 is 1.19 bits per heavy atom. The summed E-state index contributed by atoms with van der Waals surface area (Å²) in [5.41, 5.74) is -1.52. The molecular weight excluding hydrogens is 354 g/mol. The number of alkyl halides is 3. The summed E-state index contributed by atoms with van der Waals surface area (Å²) in [4.78, 5) is 27.8. The zero-order chi connectivity index (χ0) is 18.9. The molecule has 3 rings (SSSR count). The summed E-state index contributed by atoms with van der Waals surface area (Å²) in [7, 11) is 0. The molecule has 1 atom stereocenters. The van der Waals surface area contributed by atoms with Gasteiger partial charge in [-0.2, -0.15) is 13.2 Å². The van der Waals surface area contributed by atoms with Gasteiger partial charge in [-0.3, -0.25) is 9.59 Å². The second kappa shape index (κ2) is 7.22. The third-order valence-corrected chi connectivity index (χ3v) is 4.72. The maximum absolute atomic E-state index is 13.6. The van der Waals surface area contributed by atoms with E-state index < -0.39 is 23.5 Å². The molecule has 2 heterocycles. The Kier molecular flexibility index (Phi) is 5.17. The molecular formula is C17H19F4N3O2. The molecule has 2 aliphatic rings. The molecule has 1 N–H and O–H groups in total. The monoisotopic (exact) mass is 373 g/mol. The van der Waals surface area contributed by atoms with Crippen molar-refractivity contribution in [1.82, 2.24) is 15.1 Å². The van der Waals surface area contributed by atoms with Crippen molar-refractivity contribution >= 4 is 11.8 Å². The smallest absolute Gasteiger partial charge is 0.337 e. The van der Waals surface area contributed by atoms with Gasteiger partial charge in [-0.15, -0.1) is 0 Å². The molecule has 0 saturated carbocycles. The molecule has 142 valence electrons. The van der Waals surface area contributed by atoms with Gasteiger partial charge in [0.15, 0.2) is 0 Å². The molecule has 0 aliphatic carbocycles. The number of hydrogen-bond acceptors (Lipinski definition) is 3. The predicted molar refractivity (Wildman–Crippen MR) is 84.9 cm³/mol. The Morgan fingerprint density at radius 3 is 2.65 bits per heavy atom. The van der Waals surface area contributed by atoms with Crippen LogP contribution in [-0.4, -0.2) is 60.4 Å². The van der Waals surface area contributed by atoms with Crippen LogP contribution in [0.1, 0.15) is 28.8 Å². The van der Waals surface area contributed by atoms with Crippen molar-refractivity contribution in [3.05, 3.63) is 35.1 Å². The van der Waals surface area contributed by atoms with E-state index >= 15 is 0 Å². The Balaban J connectivity index is 1.77. The summed E-state index contributed by atoms with van der Waals surface area (Å²) in [5, 5.41) is 2.97. The van der Waals surface area contributed by atoms with Gasteiger partial charge in [0.2, 0.25) is 5.91 Å². The third kappa shape index (κ3) is 3.98. The van der Waals surface area contributed by atoms with Gasteiger partial charge in [0.05, 0.1) is 12.1 Å². The van der Waals surface area contributed by atoms with Crippen molar-refractivity contribution in [3.8, 4) is 0 Å². The molecule has 0 radical (unpaired) electrons. The third-order valence-electron chi connectivity index (χ3n) is 4.72. The van der Waals surface area contributed by atoms with E-state index in [-0.39, 0.29) is 30.6 Å². The molecule has 2 fully saturated rings. The van der Waals surface area contributed by atoms with Gasteiger partial charge in [0, 0.05) is 37.8 Å². The number of hydrogen-bond donors (Lipinski definition) is 1. The summed E-state index contributed by atoms with van der Waals surface area (Å²) in [6, 6.07) is 1.69. The minimum Gasteiger partial charge on any atom is -0.337 e. The number of nitrogens with one attached hydrogen (secondary N) is 1. The second-order valence-electron chi connectivity index (χ2n) is 6.54. The highest BCUT2D eigenvalue weighted by Gasteiger charge is 2.34. The number of piperidine rings is 1. The molecule has 2 saturated heterocycles. The first-order valence-corrected chi connectivity index (χ1v) is 8.43. The SMILES string of the molecule is O=C(c1cc(F)cc(C(F)(F)F)c1)N1CCCC(N2CCNCC2=O)C1. The zero-order valence-corrected chi connectivity index (χ0v) is 14.0. The Hall–Kier alpha value is -2.16. The lowest BCUT2D eigenvalue weighted by Crippen LogP contribution is -2.57. The molecule has 1 aromatic carbocycles. The minimum atomic E-state index is -4.73. The van der Waals surface area contributed by atoms with E-state index in [1.54, 1.807) is 4.90 Å². The van der Waals surface area contributed by atoms with E-state index in [2.05, 4.69) is 5.32 Å². The molecule has 0 aromatic heterocycles. The Morgan fingerprint density at radius 2 is 1.96 bits per heavy atom. The van der Waals surface area contributed by atoms with Crippen molar-refractivity contribution in [2.75, 3.05) is 32.7 Å². The molecule has 1 aromatic rings. The van der Waals surface area contributed by atoms with Crippen molar-refractivity contribution in [3.63, 3.8) is 0 Å². The van der Waals surface area contributed by atoms with Crippen molar-refractivity contribution in [1.29, 1.82) is 0 Å². The van der Waals surface area contributed by atoms with Crippen molar-refractivity contribution in [2.45, 2.75) is 25.1 Å². The first-order chi connectivity index (χ1) is 12.3. The average Bonchev–Trinajstić information content (AvgIpc) is 2.60. The summed E-state index contributed by atoms with van der Waals surface area (Å²) < 4.78 is 52.2. The fraction of sp³-hybridized carbons (Fsp3) is 0.529. The van der Waals surface area contributed by atoms with Crippen LogP contribution >= 0.6 is 0 Å². The molecule has 2 amide bonds. The number of amides is 2. The molecule has 5 nitrogen and oxygen atoms in total. The second-order valence-corrected chi connectivity index (χ2v) is 6.54. The van der Waals surface area contributed by atoms with Gasteiger partial charge in [0.1, 0.15) is 5.82 Å². The van der Waals surface area contributed by atoms with E-state index in [9.17, 15) is 27.2 Å². The Bertz CT molecular complexity index is 708. The van der Waals surface area contributed by atoms with Gasteiger partial charge in [-0.1, -0.05) is 0 Å². The van der Waals surface area contributed by atoms with E-state index in [0.29, 0.717) is 38.2 Å². The fourth-order valence-electron chi connectivity index (χ4n) is 3.46. The molecule has 2 aliphatic heterocycles. The normalized spacial score (nSPS) is 21.8. The highest BCUT2D eigenvalue weighted by Crippen LogP contribution is 2.31. The predicted octanol–water partition coefficient (Wildman–Crippen LogP) is 1.88. The highest BCUT2D eigenvalue weighted by atomic mass is 19.4. The summed E-state index contributed by atoms with van der Waals surface area (Å²) in [6.45, 7) is 2.04. The first kappa shape index (κ1) is 18.6. The van der Waals surface area contributed by atoms with Gasteiger partial charge < -0.3 is 15.1 Å². The number of rotatable bonds is 2. The number of carbonyl (C=O) groups is 2. The van der Waals surface area contributed by atoms with Gasteiger partial charge in [0.25, 0.3) is 5.91 Å². The number of benzene rings is 1. The molecule has 9 heteroatoms. The van der Waals surface area contributed by atoms with Gasteiger partial charge in [-0.05, 0) is 31.0 Å². The molecule has 0 bridgehead atoms. The lowest BCUT2D eigenvalue weighted by Gasteiger charge is -2.41. The van der Waals surface area contributed by atoms with E-state index in [0.717, 1.165) is 12.5 Å². The topological polar surface area (TPSA) is 52.7 Å². The zero-order valence-electron chi connectivity index (χ0n) is 14.0. The first-order valence-electron chi connectivity index (χ1n) is 8.43. The highest BCUT2D eigenvalue weighted by molar-refractivity contribution is 5.94. The molecule has 26 heavy (non-hydrogen) atoms. The number of carbonyl (C=O) groups excluding carboxylic acids is 2. The van der Waals surface area contributed by atoms with Crippen LogP contribution in [-0.2, 0) is 11.0 Å². The van der Waals surface area contributed by atoms with Crippen LogP contribution in [0.25, 0.3) is 0 Å². The Labute approximate surface area is 147 Å². The van der Waals surface area contributed by atoms with Crippen LogP contribution < -0.4 is 5.32 Å². The number of likely N-dealkylation sites (tertiary alicyclic amines) is 1. The minimum absolute atomic E-state index is 0.0549. The summed E-state index contributed by atoms with van der Waals surface area (Å²) in [6.07, 6.45) is -3.36. The van der Waals surface area contributed by atoms with E-state index in [1.807, 2.05) is 0 Å². The molecule has 1 unspecified atom stereocenters. The van der Waals surface area contributed by atoms with Crippen molar-refractivity contribution in [2.24, 2.45) is 0 Å². The van der Waals surface area contributed by atoms with E-state index in [4.69, 9.17) is 0 Å². The summed E-state index contributed by atoms with van der Waals surface area (Å²) >= 11 is 0. The van der Waals surface area contributed by atoms with E-state index in [1.165, 1.54) is 4.90 Å². The summed E-state index contributed by atoms with van der Waals surface area (Å²) in [5.74, 6) is -1.81. The maximum atomic E-state index is 13.6. The maximum Gasteiger partial charge on any atom is 0.416 e. The van der Waals surface area contributed by atoms with Crippen LogP contribution in [0, 0.1) is 5.82 Å². The van der Waals surface area contributed by atoms with Crippen LogP contribution in [0.3, 0.4) is 0 Å². The van der Waals surface area contributed by atoms with Crippen LogP contribution in [0.2, 0.25) is 0 Å². The van der Waals surface area contributed by atoms with Gasteiger partial charge in [-0.25, -0.2) is 4.39 Å². The number of nitrogens with zero attached hydrogens (tertiary/aromatic N) is 2. The largest absolute Gasteiger partial charge is 0.416 e. The lowest BCUT2D eigenvalue weighted by molar-refractivity contribution is -0.138. The van der Waals surface area contributed by atoms with Crippen LogP contribution in [0.5, 0.6) is 0 Å².